The molecule has 0 saturated carbocycles. The first-order valence-corrected chi connectivity index (χ1v) is 10.4. The number of benzene rings is 1. The van der Waals surface area contributed by atoms with Gasteiger partial charge in [-0.1, -0.05) is 47.6 Å². The van der Waals surface area contributed by atoms with Gasteiger partial charge in [-0.15, -0.1) is 13.2 Å². The van der Waals surface area contributed by atoms with Crippen molar-refractivity contribution in [3.05, 3.63) is 61.2 Å². The molecule has 1 aromatic carbocycles. The molecule has 0 spiro atoms. The molecule has 0 N–H and O–H groups in total. The van der Waals surface area contributed by atoms with E-state index in [1.54, 1.807) is 30.3 Å². The normalized spacial score (nSPS) is 13.2. The maximum Gasteiger partial charge on any atom is 0.331 e. The van der Waals surface area contributed by atoms with E-state index >= 15 is 0 Å². The Morgan fingerprint density at radius 1 is 1.20 bits per heavy atom. The number of hydrogen-bond donors (Lipinski definition) is 0. The molecule has 138 valence electrons. The quantitative estimate of drug-likeness (QED) is 0.240. The Hall–Kier alpha value is -1.68. The Kier molecular flexibility index (Phi) is 8.30. The molecular weight excluding hydrogens is 370 g/mol. The van der Waals surface area contributed by atoms with Gasteiger partial charge in [0, 0.05) is 34.3 Å². The molecule has 0 aliphatic rings. The smallest absolute Gasteiger partial charge is 0.318 e. The Balaban J connectivity index is 3.29. The first-order valence-electron chi connectivity index (χ1n) is 7.11. The minimum absolute atomic E-state index is 0.0309. The molecular formula is C16H20ClNO6S. The maximum absolute atomic E-state index is 11.2. The Morgan fingerprint density at radius 3 is 2.20 bits per heavy atom. The van der Waals surface area contributed by atoms with Crippen LogP contribution in [0.5, 0.6) is 0 Å². The minimum Gasteiger partial charge on any atom is -0.318 e. The van der Waals surface area contributed by atoms with E-state index in [9.17, 15) is 18.8 Å². The number of nitrogens with zero attached hydrogens (tertiary/aromatic N) is 1. The van der Waals surface area contributed by atoms with Crippen LogP contribution in [0.15, 0.2) is 60.8 Å². The lowest BCUT2D eigenvalue weighted by Crippen LogP contribution is -2.61. The fourth-order valence-electron chi connectivity index (χ4n) is 2.01. The Labute approximate surface area is 150 Å². The van der Waals surface area contributed by atoms with Gasteiger partial charge < -0.3 is 4.84 Å². The largest absolute Gasteiger partial charge is 0.331 e. The van der Waals surface area contributed by atoms with Gasteiger partial charge in [0.05, 0.1) is 21.7 Å². The van der Waals surface area contributed by atoms with Crippen LogP contribution < -0.4 is 14.0 Å². The van der Waals surface area contributed by atoms with E-state index < -0.39 is 26.5 Å². The van der Waals surface area contributed by atoms with Crippen molar-refractivity contribution in [1.82, 2.24) is 0 Å². The molecule has 9 heteroatoms. The van der Waals surface area contributed by atoms with Crippen LogP contribution >= 0.6 is 10.3 Å². The molecule has 7 nitrogen and oxygen atoms in total. The topological polar surface area (TPSA) is 117 Å². The average Bonchev–Trinajstić information content (AvgIpc) is 2.51. The van der Waals surface area contributed by atoms with Crippen LogP contribution in [-0.2, 0) is 13.4 Å². The summed E-state index contributed by atoms with van der Waals surface area (Å²) in [5.41, 5.74) is 0.894. The molecule has 0 heterocycles. The second-order valence-electron chi connectivity index (χ2n) is 4.95. The van der Waals surface area contributed by atoms with Crippen molar-refractivity contribution in [2.24, 2.45) is 5.16 Å². The van der Waals surface area contributed by atoms with Crippen LogP contribution in [-0.4, -0.2) is 28.9 Å². The van der Waals surface area contributed by atoms with E-state index in [1.165, 1.54) is 19.1 Å². The molecule has 0 atom stereocenters. The molecule has 0 aliphatic carbocycles. The van der Waals surface area contributed by atoms with Gasteiger partial charge >= 0.3 is 5.97 Å². The van der Waals surface area contributed by atoms with Crippen molar-refractivity contribution >= 4 is 22.0 Å². The molecule has 0 saturated heterocycles. The third kappa shape index (κ3) is 7.82. The van der Waals surface area contributed by atoms with Gasteiger partial charge in [0.1, 0.15) is 3.74 Å². The minimum atomic E-state index is -4.66. The SMILES string of the molecule is C=CCS(CC=C)(CC(=NOC(C)=O)c1ccccc1)O[Cl+3]([O-])([O-])[O-]. The summed E-state index contributed by atoms with van der Waals surface area (Å²) in [6.07, 6.45) is 2.93. The number of carbonyl (C=O) groups excluding carboxylic acids is 1. The highest BCUT2D eigenvalue weighted by Crippen LogP contribution is 2.51. The van der Waals surface area contributed by atoms with Crippen molar-refractivity contribution in [2.75, 3.05) is 17.3 Å². The molecule has 0 fully saturated rings. The van der Waals surface area contributed by atoms with Crippen molar-refractivity contribution in [3.8, 4) is 0 Å². The summed E-state index contributed by atoms with van der Waals surface area (Å²) in [6.45, 7) is 8.38. The van der Waals surface area contributed by atoms with Gasteiger partial charge in [0.25, 0.3) is 0 Å². The third-order valence-electron chi connectivity index (χ3n) is 2.85. The highest BCUT2D eigenvalue weighted by molar-refractivity contribution is 8.30. The molecule has 0 aliphatic heterocycles. The third-order valence-corrected chi connectivity index (χ3v) is 7.02. The summed E-state index contributed by atoms with van der Waals surface area (Å²) in [5, 5.41) is 3.81. The van der Waals surface area contributed by atoms with E-state index in [1.807, 2.05) is 0 Å². The fourth-order valence-corrected chi connectivity index (χ4v) is 5.86. The van der Waals surface area contributed by atoms with Crippen LogP contribution in [0.4, 0.5) is 0 Å². The molecule has 1 rings (SSSR count). The molecule has 1 aromatic rings. The Bertz CT molecular complexity index is 619. The lowest BCUT2D eigenvalue weighted by molar-refractivity contribution is -1.91. The second kappa shape index (κ2) is 9.71. The van der Waals surface area contributed by atoms with Gasteiger partial charge in [-0.3, -0.25) is 0 Å². The predicted molar refractivity (Wildman–Crippen MR) is 88.4 cm³/mol. The number of oxime groups is 1. The number of carbonyl (C=O) groups is 1. The molecule has 0 amide bonds. The molecule has 25 heavy (non-hydrogen) atoms. The lowest BCUT2D eigenvalue weighted by Gasteiger charge is -2.32. The standard InChI is InChI=1S/C16H20ClNO6S/c1-4-11-25(12-5-2,24-17(20,21)22)13-16(18-23-14(3)19)15-9-7-6-8-10-15/h4-10H,1-2,11-13H2,3H3. The molecule has 0 bridgehead atoms. The van der Waals surface area contributed by atoms with Gasteiger partial charge in [-0.25, -0.2) is 4.79 Å². The van der Waals surface area contributed by atoms with Gasteiger partial charge in [-0.05, 0) is 0 Å². The Morgan fingerprint density at radius 2 is 1.76 bits per heavy atom. The highest BCUT2D eigenvalue weighted by Gasteiger charge is 2.40. The van der Waals surface area contributed by atoms with Crippen molar-refractivity contribution in [3.63, 3.8) is 0 Å². The lowest BCUT2D eigenvalue weighted by atomic mass is 10.1. The fraction of sp³-hybridized carbons (Fsp3) is 0.250. The van der Waals surface area contributed by atoms with Crippen LogP contribution in [0.3, 0.4) is 0 Å². The first-order chi connectivity index (χ1) is 11.7. The zero-order valence-corrected chi connectivity index (χ0v) is 15.3. The monoisotopic (exact) mass is 389 g/mol. The predicted octanol–water partition coefficient (Wildman–Crippen LogP) is -0.0407. The summed E-state index contributed by atoms with van der Waals surface area (Å²) >= 11 is 0. The van der Waals surface area contributed by atoms with Crippen LogP contribution in [0, 0.1) is 10.2 Å². The molecule has 0 aromatic heterocycles. The van der Waals surface area contributed by atoms with E-state index in [-0.39, 0.29) is 23.0 Å². The van der Waals surface area contributed by atoms with E-state index in [0.29, 0.717) is 5.56 Å². The van der Waals surface area contributed by atoms with E-state index in [4.69, 9.17) is 8.57 Å². The van der Waals surface area contributed by atoms with Crippen molar-refractivity contribution < 1.29 is 37.6 Å². The van der Waals surface area contributed by atoms with Crippen molar-refractivity contribution in [2.45, 2.75) is 6.92 Å². The summed E-state index contributed by atoms with van der Waals surface area (Å²) < 4.78 is 38.5. The molecule has 0 unspecified atom stereocenters. The van der Waals surface area contributed by atoms with E-state index in [2.05, 4.69) is 18.3 Å². The second-order valence-corrected chi connectivity index (χ2v) is 9.10. The summed E-state index contributed by atoms with van der Waals surface area (Å²) in [4.78, 5) is 15.8. The van der Waals surface area contributed by atoms with Crippen LogP contribution in [0.25, 0.3) is 0 Å². The first kappa shape index (κ1) is 21.4. The van der Waals surface area contributed by atoms with Crippen LogP contribution in [0.1, 0.15) is 12.5 Å². The zero-order valence-electron chi connectivity index (χ0n) is 13.8. The van der Waals surface area contributed by atoms with Crippen molar-refractivity contribution in [1.29, 1.82) is 0 Å². The number of rotatable bonds is 10. The summed E-state index contributed by atoms with van der Waals surface area (Å²) in [7, 11) is -7.18. The van der Waals surface area contributed by atoms with Gasteiger partial charge in [0.2, 0.25) is 0 Å². The average molecular weight is 390 g/mol. The highest BCUT2D eigenvalue weighted by atomic mass is 35.7. The summed E-state index contributed by atoms with van der Waals surface area (Å²) in [5.74, 6) is -0.410. The van der Waals surface area contributed by atoms with Gasteiger partial charge in [0.15, 0.2) is 0 Å². The van der Waals surface area contributed by atoms with Gasteiger partial charge in [-0.2, -0.15) is 14.0 Å². The van der Waals surface area contributed by atoms with E-state index in [0.717, 1.165) is 0 Å². The molecule has 0 radical (unpaired) electrons. The zero-order chi connectivity index (χ0) is 18.9. The number of hydrogen-bond acceptors (Lipinski definition) is 7. The maximum atomic E-state index is 11.2. The van der Waals surface area contributed by atoms with Crippen LogP contribution in [0.2, 0.25) is 0 Å². The summed E-state index contributed by atoms with van der Waals surface area (Å²) in [6, 6.07) is 8.73. The number of halogens is 1.